The molecule has 1 amide bonds. The highest BCUT2D eigenvalue weighted by Gasteiger charge is 2.25. The van der Waals surface area contributed by atoms with Crippen molar-refractivity contribution >= 4 is 16.8 Å². The van der Waals surface area contributed by atoms with Crippen LogP contribution in [0.4, 0.5) is 4.39 Å². The number of hydrogen-bond acceptors (Lipinski definition) is 4. The number of para-hydroxylation sites is 1. The van der Waals surface area contributed by atoms with Crippen molar-refractivity contribution in [1.29, 1.82) is 0 Å². The second-order valence-corrected chi connectivity index (χ2v) is 8.71. The lowest BCUT2D eigenvalue weighted by Gasteiger charge is -2.21. The van der Waals surface area contributed by atoms with Gasteiger partial charge in [-0.25, -0.2) is 9.37 Å². The van der Waals surface area contributed by atoms with E-state index in [-0.39, 0.29) is 18.3 Å². The van der Waals surface area contributed by atoms with Gasteiger partial charge >= 0.3 is 0 Å². The number of aromatic nitrogens is 3. The highest BCUT2D eigenvalue weighted by Crippen LogP contribution is 2.30. The van der Waals surface area contributed by atoms with E-state index in [1.165, 1.54) is 6.07 Å². The minimum absolute atomic E-state index is 0.211. The number of carbonyl (C=O) groups is 1. The highest BCUT2D eigenvalue weighted by molar-refractivity contribution is 5.99. The van der Waals surface area contributed by atoms with E-state index in [0.29, 0.717) is 28.6 Å². The minimum Gasteiger partial charge on any atom is -0.497 e. The Morgan fingerprint density at radius 3 is 2.38 bits per heavy atom. The Bertz CT molecular complexity index is 1550. The third-order valence-corrected chi connectivity index (χ3v) is 6.43. The second-order valence-electron chi connectivity index (χ2n) is 8.71. The first-order valence-corrected chi connectivity index (χ1v) is 11.8. The average Bonchev–Trinajstić information content (AvgIpc) is 3.51. The summed E-state index contributed by atoms with van der Waals surface area (Å²) in [7, 11) is 5.02. The zero-order chi connectivity index (χ0) is 25.9. The first kappa shape index (κ1) is 24.1. The number of halogens is 1. The van der Waals surface area contributed by atoms with Crippen LogP contribution in [-0.4, -0.2) is 34.2 Å². The predicted octanol–water partition coefficient (Wildman–Crippen LogP) is 5.10. The number of aryl methyl sites for hydroxylation is 1. The number of methoxy groups -OCH3 is 2. The van der Waals surface area contributed by atoms with Crippen molar-refractivity contribution in [2.45, 2.75) is 12.6 Å². The molecule has 2 heterocycles. The molecule has 8 heteroatoms. The van der Waals surface area contributed by atoms with Gasteiger partial charge in [0.2, 0.25) is 0 Å². The van der Waals surface area contributed by atoms with Crippen molar-refractivity contribution in [3.8, 4) is 11.5 Å². The molecule has 1 N–H and O–H groups in total. The van der Waals surface area contributed by atoms with Gasteiger partial charge in [-0.1, -0.05) is 36.4 Å². The summed E-state index contributed by atoms with van der Waals surface area (Å²) in [5.41, 5.74) is 2.50. The normalized spacial score (nSPS) is 11.9. The van der Waals surface area contributed by atoms with E-state index < -0.39 is 6.04 Å². The van der Waals surface area contributed by atoms with Gasteiger partial charge in [-0.3, -0.25) is 4.79 Å². The number of ether oxygens (including phenoxy) is 2. The number of hydrogen-bond donors (Lipinski definition) is 1. The van der Waals surface area contributed by atoms with Crippen molar-refractivity contribution in [1.82, 2.24) is 19.4 Å². The molecule has 0 spiro atoms. The molecule has 0 aliphatic rings. The van der Waals surface area contributed by atoms with Crippen LogP contribution in [0.15, 0.2) is 85.2 Å². The molecule has 5 rings (SSSR count). The summed E-state index contributed by atoms with van der Waals surface area (Å²) in [5.74, 6) is 1.19. The number of amides is 1. The summed E-state index contributed by atoms with van der Waals surface area (Å²) in [6.07, 6.45) is 3.50. The summed E-state index contributed by atoms with van der Waals surface area (Å²) in [5, 5.41) is 4.04. The van der Waals surface area contributed by atoms with Crippen molar-refractivity contribution in [2.24, 2.45) is 7.05 Å². The Morgan fingerprint density at radius 1 is 1.00 bits per heavy atom. The Kier molecular flexibility index (Phi) is 6.64. The monoisotopic (exact) mass is 498 g/mol. The van der Waals surface area contributed by atoms with E-state index in [1.54, 1.807) is 44.7 Å². The van der Waals surface area contributed by atoms with E-state index >= 15 is 0 Å². The summed E-state index contributed by atoms with van der Waals surface area (Å²) in [6, 6.07) is 21.0. The number of rotatable bonds is 8. The fourth-order valence-corrected chi connectivity index (χ4v) is 4.52. The topological polar surface area (TPSA) is 70.3 Å². The van der Waals surface area contributed by atoms with Crippen LogP contribution in [0.3, 0.4) is 0 Å². The van der Waals surface area contributed by atoms with Gasteiger partial charge in [0, 0.05) is 42.0 Å². The van der Waals surface area contributed by atoms with E-state index in [2.05, 4.69) is 10.3 Å². The minimum atomic E-state index is -0.601. The third-order valence-electron chi connectivity index (χ3n) is 6.43. The highest BCUT2D eigenvalue weighted by atomic mass is 19.1. The second kappa shape index (κ2) is 10.2. The molecular weight excluding hydrogens is 471 g/mol. The molecule has 0 bridgehead atoms. The molecule has 1 atom stereocenters. The van der Waals surface area contributed by atoms with Crippen LogP contribution in [0.2, 0.25) is 0 Å². The Labute approximate surface area is 214 Å². The molecule has 0 aliphatic heterocycles. The molecule has 0 saturated carbocycles. The number of carbonyl (C=O) groups excluding carboxylic acids is 1. The van der Waals surface area contributed by atoms with Gasteiger partial charge in [-0.05, 0) is 35.9 Å². The zero-order valence-electron chi connectivity index (χ0n) is 20.8. The lowest BCUT2D eigenvalue weighted by Crippen LogP contribution is -2.32. The fraction of sp³-hybridized carbons (Fsp3) is 0.172. The summed E-state index contributed by atoms with van der Waals surface area (Å²) >= 11 is 0. The molecule has 188 valence electrons. The molecular formula is C29H27FN4O3. The SMILES string of the molecule is COc1cc(OC)cc(C(NC(=O)c2cc3ccccc3n2Cc2ccccc2F)c2nccn2C)c1. The van der Waals surface area contributed by atoms with E-state index in [4.69, 9.17) is 9.47 Å². The van der Waals surface area contributed by atoms with Gasteiger partial charge in [0.15, 0.2) is 0 Å². The molecule has 0 fully saturated rings. The standard InChI is InChI=1S/C29H27FN4O3/c1-33-13-12-31-28(33)27(21-14-22(36-2)17-23(15-21)37-3)32-29(35)26-16-19-8-5-7-11-25(19)34(26)18-20-9-4-6-10-24(20)30/h4-17,27H,18H2,1-3H3,(H,32,35). The Balaban J connectivity index is 1.58. The van der Waals surface area contributed by atoms with Crippen LogP contribution in [0.25, 0.3) is 10.9 Å². The molecule has 0 aliphatic carbocycles. The quantitative estimate of drug-likeness (QED) is 0.323. The van der Waals surface area contributed by atoms with Gasteiger partial charge in [0.05, 0.1) is 20.8 Å². The summed E-state index contributed by atoms with van der Waals surface area (Å²) in [4.78, 5) is 18.4. The largest absolute Gasteiger partial charge is 0.497 e. The van der Waals surface area contributed by atoms with Gasteiger partial charge in [-0.2, -0.15) is 0 Å². The number of fused-ring (bicyclic) bond motifs is 1. The maximum Gasteiger partial charge on any atom is 0.268 e. The van der Waals surface area contributed by atoms with E-state index in [1.807, 2.05) is 64.8 Å². The third kappa shape index (κ3) is 4.78. The smallest absolute Gasteiger partial charge is 0.268 e. The van der Waals surface area contributed by atoms with Gasteiger partial charge < -0.3 is 23.9 Å². The van der Waals surface area contributed by atoms with Gasteiger partial charge in [0.25, 0.3) is 5.91 Å². The molecule has 0 radical (unpaired) electrons. The lowest BCUT2D eigenvalue weighted by molar-refractivity contribution is 0.0932. The number of nitrogens with one attached hydrogen (secondary N) is 1. The lowest BCUT2D eigenvalue weighted by atomic mass is 10.0. The fourth-order valence-electron chi connectivity index (χ4n) is 4.52. The van der Waals surface area contributed by atoms with Crippen LogP contribution in [0.5, 0.6) is 11.5 Å². The first-order valence-electron chi connectivity index (χ1n) is 11.8. The first-order chi connectivity index (χ1) is 18.0. The van der Waals surface area contributed by atoms with Crippen LogP contribution in [-0.2, 0) is 13.6 Å². The Hall–Kier alpha value is -4.59. The Morgan fingerprint density at radius 2 is 1.70 bits per heavy atom. The number of benzene rings is 3. The molecule has 1 unspecified atom stereocenters. The maximum atomic E-state index is 14.6. The number of nitrogens with zero attached hydrogens (tertiary/aromatic N) is 3. The van der Waals surface area contributed by atoms with Crippen molar-refractivity contribution < 1.29 is 18.7 Å². The molecule has 5 aromatic rings. The van der Waals surface area contributed by atoms with Gasteiger partial charge in [0.1, 0.15) is 34.9 Å². The zero-order valence-corrected chi connectivity index (χ0v) is 20.8. The molecule has 3 aromatic carbocycles. The van der Waals surface area contributed by atoms with Crippen LogP contribution >= 0.6 is 0 Å². The van der Waals surface area contributed by atoms with Crippen molar-refractivity contribution in [2.75, 3.05) is 14.2 Å². The van der Waals surface area contributed by atoms with E-state index in [0.717, 1.165) is 16.5 Å². The molecule has 2 aromatic heterocycles. The summed E-state index contributed by atoms with van der Waals surface area (Å²) in [6.45, 7) is 0.211. The predicted molar refractivity (Wildman–Crippen MR) is 140 cm³/mol. The molecule has 7 nitrogen and oxygen atoms in total. The van der Waals surface area contributed by atoms with Crippen LogP contribution in [0, 0.1) is 5.82 Å². The van der Waals surface area contributed by atoms with Crippen LogP contribution in [0.1, 0.15) is 33.5 Å². The van der Waals surface area contributed by atoms with Gasteiger partial charge in [-0.15, -0.1) is 0 Å². The van der Waals surface area contributed by atoms with Crippen LogP contribution < -0.4 is 14.8 Å². The van der Waals surface area contributed by atoms with Crippen molar-refractivity contribution in [3.05, 3.63) is 114 Å². The average molecular weight is 499 g/mol. The van der Waals surface area contributed by atoms with E-state index in [9.17, 15) is 9.18 Å². The molecule has 0 saturated heterocycles. The number of imidazole rings is 1. The summed E-state index contributed by atoms with van der Waals surface area (Å²) < 4.78 is 29.2. The maximum absolute atomic E-state index is 14.6. The van der Waals surface area contributed by atoms with Crippen molar-refractivity contribution in [3.63, 3.8) is 0 Å². The molecule has 37 heavy (non-hydrogen) atoms.